The van der Waals surface area contributed by atoms with Crippen LogP contribution in [-0.4, -0.2) is 25.8 Å². The lowest BCUT2D eigenvalue weighted by atomic mass is 10.2. The van der Waals surface area contributed by atoms with Gasteiger partial charge in [-0.1, -0.05) is 35.9 Å². The summed E-state index contributed by atoms with van der Waals surface area (Å²) in [6.45, 7) is 6.68. The Morgan fingerprint density at radius 2 is 1.84 bits per heavy atom. The normalized spacial score (nSPS) is 18.0. The molecular weight excluding hydrogens is 373 g/mol. The molecule has 0 unspecified atom stereocenters. The van der Waals surface area contributed by atoms with Crippen LogP contribution in [0, 0.1) is 6.92 Å². The lowest BCUT2D eigenvalue weighted by Crippen LogP contribution is -2.32. The number of aryl methyl sites for hydroxylation is 1. The average Bonchev–Trinajstić information content (AvgIpc) is 2.52. The smallest absolute Gasteiger partial charge is 0.207 e. The molecule has 2 rings (SSSR count). The van der Waals surface area contributed by atoms with Crippen LogP contribution in [-0.2, 0) is 10.0 Å². The van der Waals surface area contributed by atoms with Gasteiger partial charge in [-0.3, -0.25) is 0 Å². The van der Waals surface area contributed by atoms with Crippen LogP contribution in [0.5, 0.6) is 0 Å². The summed E-state index contributed by atoms with van der Waals surface area (Å²) in [5, 5.41) is 0. The van der Waals surface area contributed by atoms with Gasteiger partial charge in [-0.15, -0.1) is 0 Å². The number of hydrogen-bond acceptors (Lipinski definition) is 2. The molecule has 0 saturated heterocycles. The van der Waals surface area contributed by atoms with Crippen molar-refractivity contribution in [3.8, 4) is 0 Å². The monoisotopic (exact) mass is 389 g/mol. The first-order valence-electron chi connectivity index (χ1n) is 5.97. The van der Waals surface area contributed by atoms with E-state index < -0.39 is 10.0 Å². The zero-order valence-corrected chi connectivity index (χ0v) is 13.7. The maximum atomic E-state index is 12.6. The maximum Gasteiger partial charge on any atom is 0.243 e. The number of allylic oxidation sites excluding steroid dienone is 1. The topological polar surface area (TPSA) is 37.4 Å². The van der Waals surface area contributed by atoms with Gasteiger partial charge in [0, 0.05) is 16.7 Å². The van der Waals surface area contributed by atoms with Gasteiger partial charge in [-0.25, -0.2) is 8.42 Å². The molecule has 1 aromatic rings. The van der Waals surface area contributed by atoms with Crippen molar-refractivity contribution < 1.29 is 8.42 Å². The van der Waals surface area contributed by atoms with E-state index in [9.17, 15) is 8.42 Å². The van der Waals surface area contributed by atoms with E-state index in [-0.39, 0.29) is 0 Å². The molecular formula is C14H16INO2S. The first kappa shape index (κ1) is 14.7. The van der Waals surface area contributed by atoms with Crippen LogP contribution >= 0.6 is 22.6 Å². The van der Waals surface area contributed by atoms with E-state index in [2.05, 4.69) is 29.2 Å². The molecule has 0 aliphatic carbocycles. The summed E-state index contributed by atoms with van der Waals surface area (Å²) in [6, 6.07) is 6.96. The van der Waals surface area contributed by atoms with Crippen LogP contribution in [0.2, 0.25) is 0 Å². The molecule has 0 fully saturated rings. The highest BCUT2D eigenvalue weighted by Crippen LogP contribution is 2.24. The van der Waals surface area contributed by atoms with Crippen molar-refractivity contribution in [3.63, 3.8) is 0 Å². The third kappa shape index (κ3) is 3.46. The Hall–Kier alpha value is -0.660. The Morgan fingerprint density at radius 1 is 1.21 bits per heavy atom. The molecule has 0 aromatic heterocycles. The predicted molar refractivity (Wildman–Crippen MR) is 85.8 cm³/mol. The molecule has 0 spiro atoms. The van der Waals surface area contributed by atoms with Crippen LogP contribution in [0.25, 0.3) is 0 Å². The van der Waals surface area contributed by atoms with E-state index >= 15 is 0 Å². The molecule has 19 heavy (non-hydrogen) atoms. The third-order valence-electron chi connectivity index (χ3n) is 3.00. The zero-order chi connectivity index (χ0) is 14.0. The number of hydrogen-bond donors (Lipinski definition) is 0. The van der Waals surface area contributed by atoms with Crippen LogP contribution < -0.4 is 0 Å². The SMILES string of the molecule is C=C1CC=C(I)CN(S(=O)(=O)c2ccc(C)cc2)C1. The van der Waals surface area contributed by atoms with E-state index in [4.69, 9.17) is 0 Å². The summed E-state index contributed by atoms with van der Waals surface area (Å²) in [5.41, 5.74) is 1.97. The lowest BCUT2D eigenvalue weighted by Gasteiger charge is -2.21. The summed E-state index contributed by atoms with van der Waals surface area (Å²) < 4.78 is 27.7. The van der Waals surface area contributed by atoms with E-state index in [0.717, 1.165) is 21.1 Å². The van der Waals surface area contributed by atoms with Crippen LogP contribution in [0.4, 0.5) is 0 Å². The second kappa shape index (κ2) is 5.76. The van der Waals surface area contributed by atoms with Gasteiger partial charge in [0.1, 0.15) is 0 Å². The van der Waals surface area contributed by atoms with Gasteiger partial charge in [0.05, 0.1) is 4.90 Å². The number of benzene rings is 1. The minimum Gasteiger partial charge on any atom is -0.207 e. The van der Waals surface area contributed by atoms with Crippen molar-refractivity contribution in [3.05, 3.63) is 51.6 Å². The van der Waals surface area contributed by atoms with Crippen molar-refractivity contribution in [1.29, 1.82) is 0 Å². The van der Waals surface area contributed by atoms with E-state index in [1.807, 2.05) is 25.1 Å². The van der Waals surface area contributed by atoms with Gasteiger partial charge >= 0.3 is 0 Å². The molecule has 102 valence electrons. The number of halogens is 1. The largest absolute Gasteiger partial charge is 0.243 e. The minimum absolute atomic E-state index is 0.344. The highest BCUT2D eigenvalue weighted by molar-refractivity contribution is 14.1. The van der Waals surface area contributed by atoms with Crippen molar-refractivity contribution in [2.24, 2.45) is 0 Å². The van der Waals surface area contributed by atoms with Crippen molar-refractivity contribution in [2.45, 2.75) is 18.2 Å². The molecule has 1 aromatic carbocycles. The van der Waals surface area contributed by atoms with Gasteiger partial charge in [-0.2, -0.15) is 4.31 Å². The Balaban J connectivity index is 2.36. The Labute approximate surface area is 128 Å². The molecule has 0 amide bonds. The van der Waals surface area contributed by atoms with E-state index in [0.29, 0.717) is 18.0 Å². The quantitative estimate of drug-likeness (QED) is 0.575. The Morgan fingerprint density at radius 3 is 2.47 bits per heavy atom. The van der Waals surface area contributed by atoms with E-state index in [1.54, 1.807) is 12.1 Å². The fourth-order valence-corrected chi connectivity index (χ4v) is 4.19. The Kier molecular flexibility index (Phi) is 4.47. The van der Waals surface area contributed by atoms with Crippen molar-refractivity contribution in [1.82, 2.24) is 4.31 Å². The van der Waals surface area contributed by atoms with Crippen LogP contribution in [0.1, 0.15) is 12.0 Å². The highest BCUT2D eigenvalue weighted by Gasteiger charge is 2.26. The molecule has 1 aliphatic rings. The van der Waals surface area contributed by atoms with Crippen molar-refractivity contribution in [2.75, 3.05) is 13.1 Å². The summed E-state index contributed by atoms with van der Waals surface area (Å²) in [6.07, 6.45) is 2.78. The molecule has 0 radical (unpaired) electrons. The standard InChI is InChI=1S/C14H16INO2S/c1-11-4-7-14(8-5-11)19(17,18)16-9-12(2)3-6-13(15)10-16/h4-8H,2-3,9-10H2,1H3. The summed E-state index contributed by atoms with van der Waals surface area (Å²) in [4.78, 5) is 0.344. The summed E-state index contributed by atoms with van der Waals surface area (Å²) in [5.74, 6) is 0. The second-order valence-electron chi connectivity index (χ2n) is 4.69. The molecule has 1 heterocycles. The number of nitrogens with zero attached hydrogens (tertiary/aromatic N) is 1. The average molecular weight is 389 g/mol. The molecule has 3 nitrogen and oxygen atoms in total. The number of rotatable bonds is 2. The fraction of sp³-hybridized carbons (Fsp3) is 0.286. The molecule has 1 aliphatic heterocycles. The van der Waals surface area contributed by atoms with E-state index in [1.165, 1.54) is 4.31 Å². The second-order valence-corrected chi connectivity index (χ2v) is 8.01. The molecule has 0 atom stereocenters. The zero-order valence-electron chi connectivity index (χ0n) is 10.8. The predicted octanol–water partition coefficient (Wildman–Crippen LogP) is 3.26. The first-order valence-corrected chi connectivity index (χ1v) is 8.49. The lowest BCUT2D eigenvalue weighted by molar-refractivity contribution is 0.468. The minimum atomic E-state index is -3.44. The number of sulfonamides is 1. The molecule has 0 bridgehead atoms. The third-order valence-corrected chi connectivity index (χ3v) is 5.59. The van der Waals surface area contributed by atoms with Gasteiger partial charge in [-0.05, 0) is 48.1 Å². The first-order chi connectivity index (χ1) is 8.89. The fourth-order valence-electron chi connectivity index (χ4n) is 1.89. The summed E-state index contributed by atoms with van der Waals surface area (Å²) >= 11 is 2.19. The van der Waals surface area contributed by atoms with Gasteiger partial charge in [0.2, 0.25) is 10.0 Å². The van der Waals surface area contributed by atoms with Gasteiger partial charge in [0.25, 0.3) is 0 Å². The molecule has 5 heteroatoms. The van der Waals surface area contributed by atoms with Gasteiger partial charge < -0.3 is 0 Å². The van der Waals surface area contributed by atoms with Gasteiger partial charge in [0.15, 0.2) is 0 Å². The molecule has 0 saturated carbocycles. The summed E-state index contributed by atoms with van der Waals surface area (Å²) in [7, 11) is -3.44. The Bertz CT molecular complexity index is 617. The maximum absolute atomic E-state index is 12.6. The molecule has 0 N–H and O–H groups in total. The van der Waals surface area contributed by atoms with Crippen LogP contribution in [0.15, 0.2) is 51.0 Å². The van der Waals surface area contributed by atoms with Crippen molar-refractivity contribution >= 4 is 32.6 Å². The highest BCUT2D eigenvalue weighted by atomic mass is 127. The van der Waals surface area contributed by atoms with Crippen LogP contribution in [0.3, 0.4) is 0 Å².